The number of nitrogens with zero attached hydrogens (tertiary/aromatic N) is 1. The molecule has 0 aromatic heterocycles. The molecule has 0 aliphatic rings. The zero-order valence-electron chi connectivity index (χ0n) is 19.5. The van der Waals surface area contributed by atoms with E-state index in [1.165, 1.54) is 0 Å². The Kier molecular flexibility index (Phi) is 11.8. The molecule has 188 valence electrons. The maximum Gasteiger partial charge on any atom is 0.336 e. The average Bonchev–Trinajstić information content (AvgIpc) is 2.78. The Bertz CT molecular complexity index is 1020. The van der Waals surface area contributed by atoms with Crippen molar-refractivity contribution in [3.63, 3.8) is 0 Å². The highest BCUT2D eigenvalue weighted by molar-refractivity contribution is 6.06. The van der Waals surface area contributed by atoms with Gasteiger partial charge in [0, 0.05) is 17.7 Å². The lowest BCUT2D eigenvalue weighted by Gasteiger charge is -2.18. The number of benzene rings is 2. The standard InChI is InChI=1S/C19H21NO2.C6H8O7/c1-20(2)14-15-22-19-11-7-6-10-17(19)12-13-18(21)16-8-4-3-5-9-16;7-3(8)1-6(13,5(11)12)2-4(9)10/h3-13H,14-15H2,1-2H3;13H,1-2H2,(H,7,8)(H,9,10)(H,11,12)/b13-12+;. The van der Waals surface area contributed by atoms with Gasteiger partial charge >= 0.3 is 17.9 Å². The summed E-state index contributed by atoms with van der Waals surface area (Å²) in [5.74, 6) is -4.24. The van der Waals surface area contributed by atoms with Crippen molar-refractivity contribution in [1.29, 1.82) is 0 Å². The van der Waals surface area contributed by atoms with Crippen LogP contribution in [0.4, 0.5) is 0 Å². The Hall–Kier alpha value is -4.02. The molecule has 0 heterocycles. The summed E-state index contributed by atoms with van der Waals surface area (Å²) >= 11 is 0. The molecule has 35 heavy (non-hydrogen) atoms. The molecular formula is C25H29NO9. The molecule has 2 rings (SSSR count). The number of carbonyl (C=O) groups excluding carboxylic acids is 1. The molecule has 0 aliphatic heterocycles. The van der Waals surface area contributed by atoms with Crippen LogP contribution in [0.1, 0.15) is 28.8 Å². The van der Waals surface area contributed by atoms with Crippen LogP contribution in [0.2, 0.25) is 0 Å². The Morgan fingerprint density at radius 1 is 0.886 bits per heavy atom. The topological polar surface area (TPSA) is 162 Å². The van der Waals surface area contributed by atoms with Crippen LogP contribution in [0.15, 0.2) is 60.7 Å². The van der Waals surface area contributed by atoms with E-state index in [4.69, 9.17) is 25.2 Å². The van der Waals surface area contributed by atoms with Gasteiger partial charge in [-0.15, -0.1) is 0 Å². The Balaban J connectivity index is 0.000000405. The highest BCUT2D eigenvalue weighted by Crippen LogP contribution is 2.20. The minimum absolute atomic E-state index is 0.0105. The lowest BCUT2D eigenvalue weighted by Crippen LogP contribution is -2.42. The fourth-order valence-electron chi connectivity index (χ4n) is 2.67. The lowest BCUT2D eigenvalue weighted by molar-refractivity contribution is -0.170. The molecule has 0 bridgehead atoms. The number of para-hydroxylation sites is 1. The van der Waals surface area contributed by atoms with E-state index >= 15 is 0 Å². The summed E-state index contributed by atoms with van der Waals surface area (Å²) in [6.45, 7) is 1.46. The molecule has 0 unspecified atom stereocenters. The molecule has 10 heteroatoms. The van der Waals surface area contributed by atoms with E-state index in [0.717, 1.165) is 17.9 Å². The van der Waals surface area contributed by atoms with Crippen molar-refractivity contribution in [2.45, 2.75) is 18.4 Å². The maximum absolute atomic E-state index is 12.1. The van der Waals surface area contributed by atoms with Crippen molar-refractivity contribution in [3.8, 4) is 5.75 Å². The van der Waals surface area contributed by atoms with Crippen molar-refractivity contribution in [3.05, 3.63) is 71.8 Å². The van der Waals surface area contributed by atoms with E-state index in [1.807, 2.05) is 68.7 Å². The summed E-state index contributed by atoms with van der Waals surface area (Å²) in [6.07, 6.45) is 1.10. The number of aliphatic hydroxyl groups is 1. The van der Waals surface area contributed by atoms with Crippen LogP contribution in [0, 0.1) is 0 Å². The number of aliphatic carboxylic acids is 3. The Morgan fingerprint density at radius 2 is 1.43 bits per heavy atom. The molecule has 2 aromatic rings. The van der Waals surface area contributed by atoms with Gasteiger partial charge < -0.3 is 30.1 Å². The van der Waals surface area contributed by atoms with Crippen LogP contribution in [0.5, 0.6) is 5.75 Å². The molecule has 0 aliphatic carbocycles. The summed E-state index contributed by atoms with van der Waals surface area (Å²) in [5, 5.41) is 33.8. The number of allylic oxidation sites excluding steroid dienone is 1. The number of ketones is 1. The smallest absolute Gasteiger partial charge is 0.336 e. The van der Waals surface area contributed by atoms with Crippen molar-refractivity contribution < 1.29 is 44.3 Å². The van der Waals surface area contributed by atoms with Crippen LogP contribution in [-0.4, -0.2) is 81.9 Å². The molecule has 0 spiro atoms. The predicted octanol–water partition coefficient (Wildman–Crippen LogP) is 2.27. The summed E-state index contributed by atoms with van der Waals surface area (Å²) < 4.78 is 5.78. The molecule has 10 nitrogen and oxygen atoms in total. The first-order chi connectivity index (χ1) is 16.4. The summed E-state index contributed by atoms with van der Waals surface area (Å²) in [5.41, 5.74) is -1.15. The fraction of sp³-hybridized carbons (Fsp3) is 0.280. The molecule has 0 amide bonds. The van der Waals surface area contributed by atoms with Crippen LogP contribution in [0.3, 0.4) is 0 Å². The van der Waals surface area contributed by atoms with E-state index < -0.39 is 36.4 Å². The largest absolute Gasteiger partial charge is 0.492 e. The third kappa shape index (κ3) is 11.1. The van der Waals surface area contributed by atoms with Gasteiger partial charge in [0.05, 0.1) is 12.8 Å². The van der Waals surface area contributed by atoms with E-state index in [9.17, 15) is 19.2 Å². The second kappa shape index (κ2) is 14.3. The highest BCUT2D eigenvalue weighted by Gasteiger charge is 2.40. The number of hydrogen-bond acceptors (Lipinski definition) is 7. The van der Waals surface area contributed by atoms with Gasteiger partial charge in [0.2, 0.25) is 0 Å². The SMILES string of the molecule is CN(C)CCOc1ccccc1/C=C/C(=O)c1ccccc1.O=C(O)CC(O)(CC(=O)O)C(=O)O. The first kappa shape index (κ1) is 29.0. The van der Waals surface area contributed by atoms with Gasteiger partial charge in [-0.1, -0.05) is 48.5 Å². The van der Waals surface area contributed by atoms with E-state index in [2.05, 4.69) is 4.90 Å². The van der Waals surface area contributed by atoms with Crippen molar-refractivity contribution in [2.24, 2.45) is 0 Å². The number of carbonyl (C=O) groups is 4. The number of likely N-dealkylation sites (N-methyl/N-ethyl adjacent to an activating group) is 1. The number of hydrogen-bond donors (Lipinski definition) is 4. The second-order valence-electron chi connectivity index (χ2n) is 7.73. The number of rotatable bonds is 12. The van der Waals surface area contributed by atoms with Gasteiger partial charge in [-0.25, -0.2) is 4.79 Å². The molecule has 0 fully saturated rings. The van der Waals surface area contributed by atoms with Crippen molar-refractivity contribution >= 4 is 29.8 Å². The molecular weight excluding hydrogens is 458 g/mol. The highest BCUT2D eigenvalue weighted by atomic mass is 16.5. The minimum Gasteiger partial charge on any atom is -0.492 e. The quantitative estimate of drug-likeness (QED) is 0.258. The second-order valence-corrected chi connectivity index (χ2v) is 7.73. The number of carboxylic acids is 3. The van der Waals surface area contributed by atoms with Gasteiger partial charge in [0.25, 0.3) is 0 Å². The molecule has 0 radical (unpaired) electrons. The Morgan fingerprint density at radius 3 is 1.94 bits per heavy atom. The predicted molar refractivity (Wildman–Crippen MR) is 127 cm³/mol. The van der Waals surface area contributed by atoms with Crippen LogP contribution >= 0.6 is 0 Å². The van der Waals surface area contributed by atoms with Crippen LogP contribution < -0.4 is 4.74 Å². The minimum atomic E-state index is -2.74. The first-order valence-electron chi connectivity index (χ1n) is 10.5. The number of carboxylic acid groups (broad SMARTS) is 3. The van der Waals surface area contributed by atoms with Gasteiger partial charge in [-0.05, 0) is 32.3 Å². The van der Waals surface area contributed by atoms with E-state index in [0.29, 0.717) is 12.2 Å². The molecule has 2 aromatic carbocycles. The molecule has 0 atom stereocenters. The third-order valence-corrected chi connectivity index (χ3v) is 4.47. The third-order valence-electron chi connectivity index (χ3n) is 4.47. The van der Waals surface area contributed by atoms with Crippen molar-refractivity contribution in [1.82, 2.24) is 4.90 Å². The van der Waals surface area contributed by atoms with Gasteiger partial charge in [0.1, 0.15) is 12.4 Å². The molecule has 4 N–H and O–H groups in total. The molecule has 0 saturated carbocycles. The summed E-state index contributed by atoms with van der Waals surface area (Å²) in [7, 11) is 4.02. The molecule has 0 saturated heterocycles. The average molecular weight is 488 g/mol. The lowest BCUT2D eigenvalue weighted by atomic mass is 9.96. The zero-order valence-corrected chi connectivity index (χ0v) is 19.5. The summed E-state index contributed by atoms with van der Waals surface area (Å²) in [4.78, 5) is 44.6. The van der Waals surface area contributed by atoms with Crippen LogP contribution in [0.25, 0.3) is 6.08 Å². The van der Waals surface area contributed by atoms with E-state index in [-0.39, 0.29) is 5.78 Å². The normalized spacial score (nSPS) is 11.0. The van der Waals surface area contributed by atoms with E-state index in [1.54, 1.807) is 12.2 Å². The van der Waals surface area contributed by atoms with Gasteiger partial charge in [0.15, 0.2) is 11.4 Å². The zero-order chi connectivity index (χ0) is 26.4. The van der Waals surface area contributed by atoms with Crippen LogP contribution in [-0.2, 0) is 14.4 Å². The Labute approximate surface area is 202 Å². The number of ether oxygens (including phenoxy) is 1. The maximum atomic E-state index is 12.1. The van der Waals surface area contributed by atoms with Gasteiger partial charge in [-0.3, -0.25) is 14.4 Å². The monoisotopic (exact) mass is 487 g/mol. The van der Waals surface area contributed by atoms with Crippen molar-refractivity contribution in [2.75, 3.05) is 27.2 Å². The summed E-state index contributed by atoms with van der Waals surface area (Å²) in [6, 6.07) is 17.0. The van der Waals surface area contributed by atoms with Gasteiger partial charge in [-0.2, -0.15) is 0 Å². The first-order valence-corrected chi connectivity index (χ1v) is 10.5. The fourth-order valence-corrected chi connectivity index (χ4v) is 2.67.